The van der Waals surface area contributed by atoms with Gasteiger partial charge in [-0.05, 0) is 12.1 Å². The first kappa shape index (κ1) is 10.1. The molecule has 3 N–H and O–H groups in total. The lowest BCUT2D eigenvalue weighted by molar-refractivity contribution is -0.136. The summed E-state index contributed by atoms with van der Waals surface area (Å²) in [6.07, 6.45) is 0. The molecule has 1 aromatic carbocycles. The minimum Gasteiger partial charge on any atom is -0.480 e. The monoisotopic (exact) mass is 197 g/mol. The van der Waals surface area contributed by atoms with E-state index in [0.717, 1.165) is 4.90 Å². The second kappa shape index (κ2) is 4.89. The summed E-state index contributed by atoms with van der Waals surface area (Å²) >= 11 is 1.27. The molecule has 0 aliphatic heterocycles. The van der Waals surface area contributed by atoms with Crippen LogP contribution >= 0.6 is 11.8 Å². The number of hydrogen-bond acceptors (Lipinski definition) is 3. The third kappa shape index (κ3) is 3.08. The van der Waals surface area contributed by atoms with Gasteiger partial charge in [0.2, 0.25) is 0 Å². The van der Waals surface area contributed by atoms with Crippen LogP contribution < -0.4 is 5.73 Å². The van der Waals surface area contributed by atoms with Crippen LogP contribution in [0.25, 0.3) is 0 Å². The molecule has 0 saturated carbocycles. The highest BCUT2D eigenvalue weighted by Gasteiger charge is 2.16. The Kier molecular flexibility index (Phi) is 3.79. The number of benzene rings is 1. The van der Waals surface area contributed by atoms with Crippen LogP contribution in [0.15, 0.2) is 35.2 Å². The largest absolute Gasteiger partial charge is 0.480 e. The van der Waals surface area contributed by atoms with Crippen LogP contribution in [-0.2, 0) is 4.79 Å². The maximum absolute atomic E-state index is 10.6. The summed E-state index contributed by atoms with van der Waals surface area (Å²) in [6, 6.07) is 9.38. The normalized spacial score (nSPS) is 12.4. The molecular weight excluding hydrogens is 186 g/mol. The average Bonchev–Trinajstić information content (AvgIpc) is 2.15. The number of thioether (sulfide) groups is 1. The first-order valence-corrected chi connectivity index (χ1v) is 4.76. The summed E-state index contributed by atoms with van der Waals surface area (Å²) in [6.45, 7) is 0.148. The van der Waals surface area contributed by atoms with Gasteiger partial charge < -0.3 is 10.8 Å². The van der Waals surface area contributed by atoms with Crippen LogP contribution in [0.4, 0.5) is 0 Å². The lowest BCUT2D eigenvalue weighted by Crippen LogP contribution is -2.25. The molecule has 0 aromatic heterocycles. The van der Waals surface area contributed by atoms with E-state index < -0.39 is 11.2 Å². The molecule has 0 fully saturated rings. The van der Waals surface area contributed by atoms with E-state index in [1.165, 1.54) is 11.8 Å². The molecule has 0 radical (unpaired) electrons. The van der Waals surface area contributed by atoms with Gasteiger partial charge in [0, 0.05) is 11.4 Å². The fourth-order valence-electron chi connectivity index (χ4n) is 0.863. The Balaban J connectivity index is 2.62. The number of hydrogen-bond donors (Lipinski definition) is 2. The predicted octanol–water partition coefficient (Wildman–Crippen LogP) is 1.19. The van der Waals surface area contributed by atoms with Crippen LogP contribution in [0, 0.1) is 0 Å². The van der Waals surface area contributed by atoms with Crippen molar-refractivity contribution in [3.8, 4) is 0 Å². The molecule has 0 aliphatic rings. The third-order valence-corrected chi connectivity index (χ3v) is 2.73. The molecule has 3 nitrogen and oxygen atoms in total. The molecule has 1 atom stereocenters. The number of aliphatic carboxylic acids is 1. The van der Waals surface area contributed by atoms with Gasteiger partial charge in [-0.15, -0.1) is 11.8 Å². The summed E-state index contributed by atoms with van der Waals surface area (Å²) in [5.41, 5.74) is 5.32. The molecule has 0 heterocycles. The maximum Gasteiger partial charge on any atom is 0.318 e. The van der Waals surface area contributed by atoms with E-state index in [1.54, 1.807) is 0 Å². The first-order valence-electron chi connectivity index (χ1n) is 3.88. The molecule has 70 valence electrons. The molecule has 0 saturated heterocycles. The SMILES string of the molecule is NCC(Sc1ccccc1)C(=O)O. The Hall–Kier alpha value is -1.00. The minimum absolute atomic E-state index is 0.148. The Bertz CT molecular complexity index is 276. The molecule has 0 bridgehead atoms. The second-order valence-corrected chi connectivity index (χ2v) is 3.77. The molecule has 13 heavy (non-hydrogen) atoms. The van der Waals surface area contributed by atoms with Crippen molar-refractivity contribution in [3.63, 3.8) is 0 Å². The lowest BCUT2D eigenvalue weighted by atomic mass is 10.4. The van der Waals surface area contributed by atoms with Crippen molar-refractivity contribution in [2.24, 2.45) is 5.73 Å². The fourth-order valence-corrected chi connectivity index (χ4v) is 1.70. The van der Waals surface area contributed by atoms with Crippen molar-refractivity contribution in [1.29, 1.82) is 0 Å². The van der Waals surface area contributed by atoms with E-state index in [1.807, 2.05) is 30.3 Å². The van der Waals surface area contributed by atoms with Gasteiger partial charge in [0.1, 0.15) is 5.25 Å². The number of rotatable bonds is 4. The summed E-state index contributed by atoms with van der Waals surface area (Å²) in [5, 5.41) is 8.18. The molecule has 1 rings (SSSR count). The van der Waals surface area contributed by atoms with Crippen molar-refractivity contribution in [2.75, 3.05) is 6.54 Å². The molecular formula is C9H11NO2S. The van der Waals surface area contributed by atoms with Gasteiger partial charge in [-0.2, -0.15) is 0 Å². The van der Waals surface area contributed by atoms with Gasteiger partial charge in [0.25, 0.3) is 0 Å². The van der Waals surface area contributed by atoms with Crippen molar-refractivity contribution >= 4 is 17.7 Å². The third-order valence-electron chi connectivity index (χ3n) is 1.51. The summed E-state index contributed by atoms with van der Waals surface area (Å²) in [5.74, 6) is -0.864. The molecule has 0 amide bonds. The standard InChI is InChI=1S/C9H11NO2S/c10-6-8(9(11)12)13-7-4-2-1-3-5-7/h1-5,8H,6,10H2,(H,11,12). The van der Waals surface area contributed by atoms with E-state index >= 15 is 0 Å². The van der Waals surface area contributed by atoms with Gasteiger partial charge in [-0.25, -0.2) is 0 Å². The average molecular weight is 197 g/mol. The van der Waals surface area contributed by atoms with Gasteiger partial charge in [-0.1, -0.05) is 18.2 Å². The van der Waals surface area contributed by atoms with E-state index in [-0.39, 0.29) is 6.54 Å². The van der Waals surface area contributed by atoms with Crippen LogP contribution in [0.1, 0.15) is 0 Å². The number of carbonyl (C=O) groups is 1. The Morgan fingerprint density at radius 3 is 2.54 bits per heavy atom. The Labute approximate surface area is 80.9 Å². The lowest BCUT2D eigenvalue weighted by Gasteiger charge is -2.08. The van der Waals surface area contributed by atoms with Gasteiger partial charge in [0.15, 0.2) is 0 Å². The zero-order valence-corrected chi connectivity index (χ0v) is 7.83. The summed E-state index contributed by atoms with van der Waals surface area (Å²) in [4.78, 5) is 11.6. The highest BCUT2D eigenvalue weighted by molar-refractivity contribution is 8.00. The van der Waals surface area contributed by atoms with Crippen molar-refractivity contribution in [2.45, 2.75) is 10.1 Å². The van der Waals surface area contributed by atoms with Crippen molar-refractivity contribution in [1.82, 2.24) is 0 Å². The second-order valence-electron chi connectivity index (χ2n) is 2.49. The Morgan fingerprint density at radius 2 is 2.08 bits per heavy atom. The van der Waals surface area contributed by atoms with E-state index in [0.29, 0.717) is 0 Å². The van der Waals surface area contributed by atoms with Crippen LogP contribution in [-0.4, -0.2) is 22.9 Å². The predicted molar refractivity (Wildman–Crippen MR) is 52.8 cm³/mol. The van der Waals surface area contributed by atoms with Crippen molar-refractivity contribution in [3.05, 3.63) is 30.3 Å². The van der Waals surface area contributed by atoms with Gasteiger partial charge in [0.05, 0.1) is 0 Å². The zero-order valence-electron chi connectivity index (χ0n) is 7.01. The van der Waals surface area contributed by atoms with Crippen molar-refractivity contribution < 1.29 is 9.90 Å². The van der Waals surface area contributed by atoms with Gasteiger partial charge >= 0.3 is 5.97 Å². The zero-order chi connectivity index (χ0) is 9.68. The summed E-state index contributed by atoms with van der Waals surface area (Å²) < 4.78 is 0. The van der Waals surface area contributed by atoms with Crippen LogP contribution in [0.3, 0.4) is 0 Å². The minimum atomic E-state index is -0.864. The molecule has 1 aromatic rings. The first-order chi connectivity index (χ1) is 6.24. The van der Waals surface area contributed by atoms with E-state index in [4.69, 9.17) is 10.8 Å². The quantitative estimate of drug-likeness (QED) is 0.712. The van der Waals surface area contributed by atoms with Gasteiger partial charge in [-0.3, -0.25) is 4.79 Å². The van der Waals surface area contributed by atoms with E-state index in [9.17, 15) is 4.79 Å². The molecule has 1 unspecified atom stereocenters. The number of carboxylic acids is 1. The summed E-state index contributed by atoms with van der Waals surface area (Å²) in [7, 11) is 0. The van der Waals surface area contributed by atoms with Crippen LogP contribution in [0.5, 0.6) is 0 Å². The molecule has 0 spiro atoms. The Morgan fingerprint density at radius 1 is 1.46 bits per heavy atom. The smallest absolute Gasteiger partial charge is 0.318 e. The van der Waals surface area contributed by atoms with E-state index in [2.05, 4.69) is 0 Å². The number of carboxylic acid groups (broad SMARTS) is 1. The number of nitrogens with two attached hydrogens (primary N) is 1. The fraction of sp³-hybridized carbons (Fsp3) is 0.222. The molecule has 4 heteroatoms. The molecule has 0 aliphatic carbocycles. The highest BCUT2D eigenvalue weighted by Crippen LogP contribution is 2.22. The topological polar surface area (TPSA) is 63.3 Å². The highest BCUT2D eigenvalue weighted by atomic mass is 32.2. The van der Waals surface area contributed by atoms with Crippen LogP contribution in [0.2, 0.25) is 0 Å². The maximum atomic E-state index is 10.6.